The van der Waals surface area contributed by atoms with Gasteiger partial charge in [-0.2, -0.15) is 0 Å². The van der Waals surface area contributed by atoms with E-state index in [2.05, 4.69) is 26.2 Å². The number of carboxylic acids is 1. The number of rotatable bonds is 3. The topological polar surface area (TPSA) is 79.3 Å². The highest BCUT2D eigenvalue weighted by molar-refractivity contribution is 9.10. The predicted octanol–water partition coefficient (Wildman–Crippen LogP) is 2.93. The van der Waals surface area contributed by atoms with Crippen molar-refractivity contribution in [2.75, 3.05) is 5.32 Å². The molecule has 0 bridgehead atoms. The molecule has 7 heteroatoms. The van der Waals surface area contributed by atoms with Crippen LogP contribution in [0.1, 0.15) is 20.8 Å². The Morgan fingerprint density at radius 2 is 2.00 bits per heavy atom. The van der Waals surface area contributed by atoms with Gasteiger partial charge in [-0.3, -0.25) is 4.79 Å². The van der Waals surface area contributed by atoms with E-state index >= 15 is 0 Å². The summed E-state index contributed by atoms with van der Waals surface area (Å²) in [6.45, 7) is 0. The highest BCUT2D eigenvalue weighted by atomic mass is 79.9. The Morgan fingerprint density at radius 3 is 2.65 bits per heavy atom. The van der Waals surface area contributed by atoms with E-state index in [0.29, 0.717) is 4.47 Å². The summed E-state index contributed by atoms with van der Waals surface area (Å²) in [5.74, 6) is -3.01. The number of aromatic carboxylic acids is 1. The number of nitrogens with zero attached hydrogens (tertiary/aromatic N) is 1. The molecule has 0 radical (unpaired) electrons. The van der Waals surface area contributed by atoms with Crippen molar-refractivity contribution in [3.05, 3.63) is 58.1 Å². The number of aromatic nitrogens is 1. The molecule has 1 heterocycles. The number of carboxylic acid groups (broad SMARTS) is 1. The first-order valence-electron chi connectivity index (χ1n) is 5.44. The maximum atomic E-state index is 13.5. The number of anilines is 1. The SMILES string of the molecule is O=C(Nc1cccc(F)c1C(=O)O)c1ncccc1Br. The van der Waals surface area contributed by atoms with Crippen LogP contribution in [0.4, 0.5) is 10.1 Å². The smallest absolute Gasteiger partial charge is 0.340 e. The van der Waals surface area contributed by atoms with E-state index in [1.165, 1.54) is 18.3 Å². The molecule has 0 fully saturated rings. The Morgan fingerprint density at radius 1 is 1.25 bits per heavy atom. The molecule has 0 aliphatic carbocycles. The number of benzene rings is 1. The van der Waals surface area contributed by atoms with Crippen LogP contribution in [0.3, 0.4) is 0 Å². The molecule has 2 N–H and O–H groups in total. The van der Waals surface area contributed by atoms with Gasteiger partial charge in [0.1, 0.15) is 17.1 Å². The van der Waals surface area contributed by atoms with Crippen LogP contribution in [0.15, 0.2) is 41.0 Å². The first-order chi connectivity index (χ1) is 9.50. The number of halogens is 2. The van der Waals surface area contributed by atoms with Crippen LogP contribution in [0.5, 0.6) is 0 Å². The maximum absolute atomic E-state index is 13.5. The van der Waals surface area contributed by atoms with Crippen LogP contribution in [0.25, 0.3) is 0 Å². The fourth-order valence-electron chi connectivity index (χ4n) is 1.58. The molecule has 5 nitrogen and oxygen atoms in total. The summed E-state index contributed by atoms with van der Waals surface area (Å²) in [4.78, 5) is 26.9. The Kier molecular flexibility index (Phi) is 4.09. The highest BCUT2D eigenvalue weighted by Gasteiger charge is 2.19. The predicted molar refractivity (Wildman–Crippen MR) is 73.2 cm³/mol. The number of pyridine rings is 1. The molecule has 0 saturated carbocycles. The zero-order valence-corrected chi connectivity index (χ0v) is 11.5. The first kappa shape index (κ1) is 14.1. The molecule has 0 saturated heterocycles. The van der Waals surface area contributed by atoms with Crippen molar-refractivity contribution in [3.8, 4) is 0 Å². The molecule has 2 aromatic rings. The summed E-state index contributed by atoms with van der Waals surface area (Å²) in [6, 6.07) is 6.87. The zero-order valence-electron chi connectivity index (χ0n) is 9.93. The minimum absolute atomic E-state index is 0.0769. The van der Waals surface area contributed by atoms with Gasteiger partial charge in [-0.25, -0.2) is 14.2 Å². The number of hydrogen-bond acceptors (Lipinski definition) is 3. The van der Waals surface area contributed by atoms with Gasteiger partial charge in [0, 0.05) is 10.7 Å². The molecule has 1 aromatic heterocycles. The largest absolute Gasteiger partial charge is 0.478 e. The van der Waals surface area contributed by atoms with Crippen molar-refractivity contribution >= 4 is 33.5 Å². The molecule has 0 spiro atoms. The lowest BCUT2D eigenvalue weighted by atomic mass is 10.1. The number of nitrogens with one attached hydrogen (secondary N) is 1. The lowest BCUT2D eigenvalue weighted by Gasteiger charge is -2.09. The normalized spacial score (nSPS) is 10.1. The Labute approximate surface area is 121 Å². The van der Waals surface area contributed by atoms with Crippen molar-refractivity contribution in [3.63, 3.8) is 0 Å². The third-order valence-electron chi connectivity index (χ3n) is 2.45. The summed E-state index contributed by atoms with van der Waals surface area (Å²) >= 11 is 3.16. The highest BCUT2D eigenvalue weighted by Crippen LogP contribution is 2.21. The Bertz CT molecular complexity index is 691. The van der Waals surface area contributed by atoms with E-state index in [1.807, 2.05) is 0 Å². The monoisotopic (exact) mass is 338 g/mol. The third kappa shape index (κ3) is 2.83. The van der Waals surface area contributed by atoms with E-state index in [-0.39, 0.29) is 11.4 Å². The van der Waals surface area contributed by atoms with Gasteiger partial charge in [-0.05, 0) is 40.2 Å². The lowest BCUT2D eigenvalue weighted by Crippen LogP contribution is -2.17. The van der Waals surface area contributed by atoms with Gasteiger partial charge >= 0.3 is 5.97 Å². The molecule has 0 aliphatic rings. The second-order valence-corrected chi connectivity index (χ2v) is 4.61. The van der Waals surface area contributed by atoms with Crippen LogP contribution in [0, 0.1) is 5.82 Å². The third-order valence-corrected chi connectivity index (χ3v) is 3.09. The summed E-state index contributed by atoms with van der Waals surface area (Å²) in [5.41, 5.74) is -0.638. The zero-order chi connectivity index (χ0) is 14.7. The molecule has 1 amide bonds. The summed E-state index contributed by atoms with van der Waals surface area (Å²) < 4.78 is 13.9. The van der Waals surface area contributed by atoms with Crippen molar-refractivity contribution in [1.82, 2.24) is 4.98 Å². The van der Waals surface area contributed by atoms with Crippen molar-refractivity contribution in [2.24, 2.45) is 0 Å². The molecule has 20 heavy (non-hydrogen) atoms. The van der Waals surface area contributed by atoms with Gasteiger partial charge < -0.3 is 10.4 Å². The van der Waals surface area contributed by atoms with Crippen LogP contribution in [0.2, 0.25) is 0 Å². The standard InChI is InChI=1S/C13H8BrFN2O3/c14-7-3-2-6-16-11(7)12(18)17-9-5-1-4-8(15)10(9)13(19)20/h1-6H,(H,17,18)(H,19,20). The Balaban J connectivity index is 2.36. The summed E-state index contributed by atoms with van der Waals surface area (Å²) in [7, 11) is 0. The van der Waals surface area contributed by atoms with Crippen LogP contribution in [-0.2, 0) is 0 Å². The number of carbonyl (C=O) groups excluding carboxylic acids is 1. The van der Waals surface area contributed by atoms with Gasteiger partial charge in [0.2, 0.25) is 0 Å². The molecule has 0 unspecified atom stereocenters. The number of carbonyl (C=O) groups is 2. The fraction of sp³-hybridized carbons (Fsp3) is 0. The maximum Gasteiger partial charge on any atom is 0.340 e. The minimum Gasteiger partial charge on any atom is -0.478 e. The first-order valence-corrected chi connectivity index (χ1v) is 6.23. The molecule has 0 atom stereocenters. The van der Waals surface area contributed by atoms with Gasteiger partial charge in [0.25, 0.3) is 5.91 Å². The molecular formula is C13H8BrFN2O3. The molecule has 2 rings (SSSR count). The second-order valence-electron chi connectivity index (χ2n) is 3.76. The van der Waals surface area contributed by atoms with Crippen molar-refractivity contribution in [1.29, 1.82) is 0 Å². The van der Waals surface area contributed by atoms with E-state index in [4.69, 9.17) is 5.11 Å². The summed E-state index contributed by atoms with van der Waals surface area (Å²) in [5, 5.41) is 11.3. The molecule has 0 aliphatic heterocycles. The van der Waals surface area contributed by atoms with Crippen LogP contribution < -0.4 is 5.32 Å². The molecule has 1 aromatic carbocycles. The van der Waals surface area contributed by atoms with Crippen molar-refractivity contribution < 1.29 is 19.1 Å². The van der Waals surface area contributed by atoms with Crippen molar-refractivity contribution in [2.45, 2.75) is 0 Å². The van der Waals surface area contributed by atoms with Gasteiger partial charge in [0.15, 0.2) is 0 Å². The number of hydrogen-bond donors (Lipinski definition) is 2. The van der Waals surface area contributed by atoms with Crippen LogP contribution in [-0.4, -0.2) is 22.0 Å². The average Bonchev–Trinajstić information content (AvgIpc) is 2.38. The Hall–Kier alpha value is -2.28. The lowest BCUT2D eigenvalue weighted by molar-refractivity contribution is 0.0693. The van der Waals surface area contributed by atoms with Gasteiger partial charge in [-0.15, -0.1) is 0 Å². The number of amides is 1. The quantitative estimate of drug-likeness (QED) is 0.901. The minimum atomic E-state index is -1.46. The van der Waals surface area contributed by atoms with E-state index < -0.39 is 23.3 Å². The second kappa shape index (κ2) is 5.79. The van der Waals surface area contributed by atoms with E-state index in [1.54, 1.807) is 12.1 Å². The summed E-state index contributed by atoms with van der Waals surface area (Å²) in [6.07, 6.45) is 1.42. The molecule has 102 valence electrons. The average molecular weight is 339 g/mol. The van der Waals surface area contributed by atoms with E-state index in [9.17, 15) is 14.0 Å². The van der Waals surface area contributed by atoms with Crippen LogP contribution >= 0.6 is 15.9 Å². The van der Waals surface area contributed by atoms with E-state index in [0.717, 1.165) is 6.07 Å². The van der Waals surface area contributed by atoms with Gasteiger partial charge in [-0.1, -0.05) is 6.07 Å². The van der Waals surface area contributed by atoms with Gasteiger partial charge in [0.05, 0.1) is 5.69 Å². The fourth-order valence-corrected chi connectivity index (χ4v) is 2.01. The molecular weight excluding hydrogens is 331 g/mol.